The molecule has 0 radical (unpaired) electrons. The molecule has 0 spiro atoms. The number of rotatable bonds is 9. The number of piperidine rings is 1. The zero-order chi connectivity index (χ0) is 31.2. The van der Waals surface area contributed by atoms with Crippen LogP contribution in [0, 0.1) is 0 Å². The summed E-state index contributed by atoms with van der Waals surface area (Å²) in [7, 11) is 1.59. The molecule has 12 heteroatoms. The Morgan fingerprint density at radius 3 is 2.80 bits per heavy atom. The second kappa shape index (κ2) is 11.8. The molecule has 1 saturated heterocycles. The highest BCUT2D eigenvalue weighted by Crippen LogP contribution is 2.39. The van der Waals surface area contributed by atoms with Crippen LogP contribution < -0.4 is 15.4 Å². The summed E-state index contributed by atoms with van der Waals surface area (Å²) in [6.45, 7) is 6.15. The van der Waals surface area contributed by atoms with Gasteiger partial charge in [-0.05, 0) is 44.0 Å². The van der Waals surface area contributed by atoms with Crippen molar-refractivity contribution in [2.24, 2.45) is 5.73 Å². The van der Waals surface area contributed by atoms with Gasteiger partial charge in [-0.25, -0.2) is 9.37 Å². The van der Waals surface area contributed by atoms with Gasteiger partial charge in [0.25, 0.3) is 5.91 Å². The van der Waals surface area contributed by atoms with Crippen molar-refractivity contribution in [1.82, 2.24) is 28.8 Å². The van der Waals surface area contributed by atoms with E-state index in [0.717, 1.165) is 65.4 Å². The first-order chi connectivity index (χ1) is 21.9. The van der Waals surface area contributed by atoms with Gasteiger partial charge in [0.05, 0.1) is 48.8 Å². The number of aromatic nitrogens is 5. The molecule has 1 amide bonds. The van der Waals surface area contributed by atoms with E-state index < -0.39 is 12.2 Å². The van der Waals surface area contributed by atoms with Gasteiger partial charge in [-0.2, -0.15) is 5.10 Å². The van der Waals surface area contributed by atoms with Gasteiger partial charge in [0, 0.05) is 68.1 Å². The summed E-state index contributed by atoms with van der Waals surface area (Å²) in [5, 5.41) is 15.1. The van der Waals surface area contributed by atoms with E-state index in [0.29, 0.717) is 36.3 Å². The summed E-state index contributed by atoms with van der Waals surface area (Å²) in [6, 6.07) is 11.6. The highest BCUT2D eigenvalue weighted by Gasteiger charge is 2.31. The summed E-state index contributed by atoms with van der Waals surface area (Å²) in [6.07, 6.45) is 3.71. The van der Waals surface area contributed by atoms with Crippen molar-refractivity contribution in [2.75, 3.05) is 44.8 Å². The Bertz CT molecular complexity index is 1870. The molecule has 45 heavy (non-hydrogen) atoms. The monoisotopic (exact) mass is 614 g/mol. The van der Waals surface area contributed by atoms with Gasteiger partial charge in [0.2, 0.25) is 0 Å². The fourth-order valence-corrected chi connectivity index (χ4v) is 6.94. The molecule has 1 fully saturated rings. The molecule has 0 bridgehead atoms. The third-order valence-electron chi connectivity index (χ3n) is 8.99. The summed E-state index contributed by atoms with van der Waals surface area (Å²) in [4.78, 5) is 22.6. The number of likely N-dealkylation sites (tertiary alicyclic amines) is 1. The van der Waals surface area contributed by atoms with E-state index in [1.165, 1.54) is 4.90 Å². The fourth-order valence-electron chi connectivity index (χ4n) is 6.94. The molecule has 5 heterocycles. The fraction of sp³-hybridized carbons (Fsp3) is 0.424. The van der Waals surface area contributed by atoms with Crippen LogP contribution in [0.3, 0.4) is 0 Å². The lowest BCUT2D eigenvalue weighted by Gasteiger charge is -2.33. The van der Waals surface area contributed by atoms with Crippen LogP contribution in [0.4, 0.5) is 10.1 Å². The largest absolute Gasteiger partial charge is 0.494 e. The lowest BCUT2D eigenvalue weighted by molar-refractivity contribution is 0.0606. The van der Waals surface area contributed by atoms with E-state index in [1.54, 1.807) is 19.2 Å². The Morgan fingerprint density at radius 1 is 1.18 bits per heavy atom. The number of aryl methyl sites for hydroxylation is 1. The maximum atomic E-state index is 14.4. The van der Waals surface area contributed by atoms with Crippen LogP contribution in [0.2, 0.25) is 0 Å². The number of aliphatic hydroxyl groups is 1. The molecule has 3 aromatic heterocycles. The Kier molecular flexibility index (Phi) is 7.70. The summed E-state index contributed by atoms with van der Waals surface area (Å²) in [5.41, 5.74) is 12.1. The van der Waals surface area contributed by atoms with Gasteiger partial charge in [0.1, 0.15) is 17.4 Å². The Hall–Kier alpha value is -4.42. The van der Waals surface area contributed by atoms with Crippen molar-refractivity contribution >= 4 is 33.5 Å². The van der Waals surface area contributed by atoms with E-state index in [4.69, 9.17) is 15.5 Å². The van der Waals surface area contributed by atoms with Crippen LogP contribution in [-0.2, 0) is 19.6 Å². The zero-order valence-corrected chi connectivity index (χ0v) is 25.7. The Morgan fingerprint density at radius 2 is 2.04 bits per heavy atom. The van der Waals surface area contributed by atoms with Gasteiger partial charge in [-0.15, -0.1) is 0 Å². The maximum absolute atomic E-state index is 14.4. The summed E-state index contributed by atoms with van der Waals surface area (Å²) < 4.78 is 26.7. The Balaban J connectivity index is 1.39. The standard InChI is InChI=1S/C33H39FN8O3/c1-3-40-17-21(16-36-40)18-42-31-26(12-23(14-29(31)45-2)33(44)39-19-24(34)15-25(35)20-39)37-32(42)28-13-22-6-4-7-27-30(22)41(28)10-9-38(27)8-5-11-43/h4,6-7,12-14,16-17,24-25,43H,3,5,8-11,15,18-20,35H2,1-2H3/t24-,25-/m1/s1. The summed E-state index contributed by atoms with van der Waals surface area (Å²) >= 11 is 0. The van der Waals surface area contributed by atoms with Crippen molar-refractivity contribution in [3.05, 3.63) is 59.9 Å². The Labute approximate surface area is 260 Å². The number of carbonyl (C=O) groups is 1. The first-order valence-electron chi connectivity index (χ1n) is 15.7. The average Bonchev–Trinajstić information content (AvgIpc) is 3.76. The lowest BCUT2D eigenvalue weighted by atomic mass is 10.0. The number of methoxy groups -OCH3 is 1. The molecule has 236 valence electrons. The zero-order valence-electron chi connectivity index (χ0n) is 25.7. The number of ether oxygens (including phenoxy) is 1. The molecule has 3 N–H and O–H groups in total. The summed E-state index contributed by atoms with van der Waals surface area (Å²) in [5.74, 6) is 0.984. The number of aliphatic hydroxyl groups excluding tert-OH is 1. The number of hydrogen-bond acceptors (Lipinski definition) is 7. The minimum atomic E-state index is -1.15. The van der Waals surface area contributed by atoms with Gasteiger partial charge >= 0.3 is 0 Å². The third-order valence-corrected chi connectivity index (χ3v) is 8.99. The topological polar surface area (TPSA) is 120 Å². The quantitative estimate of drug-likeness (QED) is 0.260. The van der Waals surface area contributed by atoms with E-state index >= 15 is 0 Å². The van der Waals surface area contributed by atoms with Crippen LogP contribution in [0.1, 0.15) is 35.7 Å². The maximum Gasteiger partial charge on any atom is 0.254 e. The number of amides is 1. The number of carbonyl (C=O) groups excluding carboxylic acids is 1. The van der Waals surface area contributed by atoms with Crippen molar-refractivity contribution in [1.29, 1.82) is 0 Å². The molecule has 0 aliphatic carbocycles. The number of para-hydroxylation sites is 1. The molecule has 2 aliphatic heterocycles. The van der Waals surface area contributed by atoms with Crippen molar-refractivity contribution in [3.63, 3.8) is 0 Å². The number of anilines is 1. The molecule has 2 aliphatic rings. The van der Waals surface area contributed by atoms with Crippen LogP contribution in [0.5, 0.6) is 5.75 Å². The minimum absolute atomic E-state index is 0.0196. The second-order valence-electron chi connectivity index (χ2n) is 12.0. The molecule has 2 aromatic carbocycles. The number of alkyl halides is 1. The van der Waals surface area contributed by atoms with E-state index in [-0.39, 0.29) is 25.5 Å². The highest BCUT2D eigenvalue weighted by atomic mass is 19.1. The first kappa shape index (κ1) is 29.3. The molecule has 5 aromatic rings. The minimum Gasteiger partial charge on any atom is -0.494 e. The lowest BCUT2D eigenvalue weighted by Crippen LogP contribution is -2.50. The van der Waals surface area contributed by atoms with Crippen LogP contribution in [0.25, 0.3) is 33.5 Å². The number of fused-ring (bicyclic) bond motifs is 1. The van der Waals surface area contributed by atoms with Crippen molar-refractivity contribution in [2.45, 2.75) is 51.6 Å². The third kappa shape index (κ3) is 5.21. The molecule has 0 unspecified atom stereocenters. The van der Waals surface area contributed by atoms with E-state index in [9.17, 15) is 14.3 Å². The smallest absolute Gasteiger partial charge is 0.254 e. The molecular formula is C33H39FN8O3. The molecule has 7 rings (SSSR count). The van der Waals surface area contributed by atoms with Crippen molar-refractivity contribution < 1.29 is 19.0 Å². The number of nitrogens with zero attached hydrogens (tertiary/aromatic N) is 7. The number of halogens is 1. The molecule has 2 atom stereocenters. The highest BCUT2D eigenvalue weighted by molar-refractivity contribution is 6.01. The van der Waals surface area contributed by atoms with E-state index in [2.05, 4.69) is 50.3 Å². The van der Waals surface area contributed by atoms with E-state index in [1.807, 2.05) is 17.1 Å². The normalized spacial score (nSPS) is 18.3. The molecule has 11 nitrogen and oxygen atoms in total. The van der Waals surface area contributed by atoms with Crippen molar-refractivity contribution in [3.8, 4) is 17.3 Å². The number of hydrogen-bond donors (Lipinski definition) is 2. The second-order valence-corrected chi connectivity index (χ2v) is 12.0. The van der Waals surface area contributed by atoms with Crippen LogP contribution in [0.15, 0.2) is 48.8 Å². The van der Waals surface area contributed by atoms with Gasteiger partial charge < -0.3 is 34.5 Å². The SMILES string of the molecule is CCn1cc(Cn2c(-c3cc4cccc5c4n3CCN5CCCO)nc3cc(C(=O)N4C[C@H](N)C[C@@H](F)C4)cc(OC)c32)cn1. The van der Waals surface area contributed by atoms with Crippen LogP contribution in [-0.4, -0.2) is 91.9 Å². The van der Waals surface area contributed by atoms with Crippen LogP contribution >= 0.6 is 0 Å². The van der Waals surface area contributed by atoms with Gasteiger partial charge in [-0.3, -0.25) is 9.48 Å². The molecular weight excluding hydrogens is 575 g/mol. The number of nitrogens with two attached hydrogens (primary N) is 1. The predicted molar refractivity (Wildman–Crippen MR) is 172 cm³/mol. The van der Waals surface area contributed by atoms with Gasteiger partial charge in [0.15, 0.2) is 5.82 Å². The predicted octanol–water partition coefficient (Wildman–Crippen LogP) is 3.65. The number of imidazole rings is 1. The number of benzene rings is 2. The molecule has 0 saturated carbocycles. The van der Waals surface area contributed by atoms with Gasteiger partial charge in [-0.1, -0.05) is 12.1 Å². The average molecular weight is 615 g/mol. The first-order valence-corrected chi connectivity index (χ1v) is 15.7.